The van der Waals surface area contributed by atoms with Crippen molar-refractivity contribution in [2.45, 2.75) is 6.54 Å². The van der Waals surface area contributed by atoms with E-state index in [2.05, 4.69) is 10.3 Å². The standard InChI is InChI=1S/C11H11N3OS/c12-7-9-1-2-10(16-9)11(15)14-8-3-5-13-6-4-8/h1-6H,7,12H2,(H,13,14,15). The Morgan fingerprint density at radius 2 is 2.06 bits per heavy atom. The molecule has 2 aromatic rings. The van der Waals surface area contributed by atoms with Crippen molar-refractivity contribution in [2.24, 2.45) is 5.73 Å². The van der Waals surface area contributed by atoms with Crippen molar-refractivity contribution in [3.05, 3.63) is 46.4 Å². The first kappa shape index (κ1) is 10.8. The Hall–Kier alpha value is -1.72. The van der Waals surface area contributed by atoms with Crippen LogP contribution in [0.15, 0.2) is 36.7 Å². The van der Waals surface area contributed by atoms with Crippen molar-refractivity contribution in [3.8, 4) is 0 Å². The molecule has 2 aromatic heterocycles. The zero-order valence-electron chi connectivity index (χ0n) is 8.51. The monoisotopic (exact) mass is 233 g/mol. The van der Waals surface area contributed by atoms with Crippen LogP contribution >= 0.6 is 11.3 Å². The Bertz CT molecular complexity index is 481. The van der Waals surface area contributed by atoms with Gasteiger partial charge in [0, 0.05) is 29.5 Å². The molecule has 0 radical (unpaired) electrons. The summed E-state index contributed by atoms with van der Waals surface area (Å²) >= 11 is 1.41. The number of nitrogens with zero attached hydrogens (tertiary/aromatic N) is 1. The van der Waals surface area contributed by atoms with Crippen LogP contribution < -0.4 is 11.1 Å². The maximum absolute atomic E-state index is 11.8. The van der Waals surface area contributed by atoms with Crippen LogP contribution in [0.3, 0.4) is 0 Å². The molecule has 0 aliphatic rings. The Kier molecular flexibility index (Phi) is 3.28. The molecule has 16 heavy (non-hydrogen) atoms. The highest BCUT2D eigenvalue weighted by molar-refractivity contribution is 7.14. The van der Waals surface area contributed by atoms with E-state index in [0.29, 0.717) is 11.4 Å². The number of carbonyl (C=O) groups excluding carboxylic acids is 1. The van der Waals surface area contributed by atoms with Crippen LogP contribution in [0.4, 0.5) is 5.69 Å². The van der Waals surface area contributed by atoms with E-state index >= 15 is 0 Å². The third-order valence-electron chi connectivity index (χ3n) is 2.02. The van der Waals surface area contributed by atoms with Crippen molar-refractivity contribution < 1.29 is 4.79 Å². The minimum Gasteiger partial charge on any atom is -0.326 e. The molecule has 0 aliphatic heterocycles. The minimum absolute atomic E-state index is 0.115. The zero-order valence-corrected chi connectivity index (χ0v) is 9.33. The van der Waals surface area contributed by atoms with Crippen LogP contribution in [-0.2, 0) is 6.54 Å². The highest BCUT2D eigenvalue weighted by Crippen LogP contribution is 2.17. The number of nitrogens with one attached hydrogen (secondary N) is 1. The van der Waals surface area contributed by atoms with E-state index in [4.69, 9.17) is 5.73 Å². The lowest BCUT2D eigenvalue weighted by Crippen LogP contribution is -2.09. The fourth-order valence-electron chi connectivity index (χ4n) is 1.24. The van der Waals surface area contributed by atoms with Gasteiger partial charge in [0.15, 0.2) is 0 Å². The molecule has 2 rings (SSSR count). The van der Waals surface area contributed by atoms with Gasteiger partial charge in [-0.2, -0.15) is 0 Å². The molecule has 0 saturated carbocycles. The highest BCUT2D eigenvalue weighted by Gasteiger charge is 2.08. The SMILES string of the molecule is NCc1ccc(C(=O)Nc2ccncc2)s1. The molecule has 4 nitrogen and oxygen atoms in total. The van der Waals surface area contributed by atoms with Gasteiger partial charge in [-0.05, 0) is 24.3 Å². The molecule has 0 unspecified atom stereocenters. The summed E-state index contributed by atoms with van der Waals surface area (Å²) in [5.41, 5.74) is 6.22. The van der Waals surface area contributed by atoms with Crippen LogP contribution in [0.25, 0.3) is 0 Å². The maximum atomic E-state index is 11.8. The van der Waals surface area contributed by atoms with Crippen molar-refractivity contribution in [1.29, 1.82) is 0 Å². The fourth-order valence-corrected chi connectivity index (χ4v) is 2.02. The van der Waals surface area contributed by atoms with E-state index in [0.717, 1.165) is 10.6 Å². The maximum Gasteiger partial charge on any atom is 0.265 e. The molecular weight excluding hydrogens is 222 g/mol. The predicted molar refractivity (Wildman–Crippen MR) is 64.4 cm³/mol. The van der Waals surface area contributed by atoms with E-state index in [9.17, 15) is 4.79 Å². The van der Waals surface area contributed by atoms with Gasteiger partial charge in [0.1, 0.15) is 0 Å². The average molecular weight is 233 g/mol. The van der Waals surface area contributed by atoms with Gasteiger partial charge >= 0.3 is 0 Å². The average Bonchev–Trinajstić information content (AvgIpc) is 2.79. The molecule has 0 aromatic carbocycles. The van der Waals surface area contributed by atoms with Gasteiger partial charge in [0.05, 0.1) is 4.88 Å². The number of aromatic nitrogens is 1. The molecular formula is C11H11N3OS. The quantitative estimate of drug-likeness (QED) is 0.850. The smallest absolute Gasteiger partial charge is 0.265 e. The van der Waals surface area contributed by atoms with Crippen molar-refractivity contribution in [2.75, 3.05) is 5.32 Å². The lowest BCUT2D eigenvalue weighted by molar-refractivity contribution is 0.103. The van der Waals surface area contributed by atoms with Crippen LogP contribution in [0.5, 0.6) is 0 Å². The summed E-state index contributed by atoms with van der Waals surface area (Å²) in [4.78, 5) is 17.3. The molecule has 3 N–H and O–H groups in total. The van der Waals surface area contributed by atoms with Crippen LogP contribution in [0.2, 0.25) is 0 Å². The molecule has 5 heteroatoms. The number of anilines is 1. The molecule has 2 heterocycles. The molecule has 0 fully saturated rings. The molecule has 1 amide bonds. The first-order valence-corrected chi connectivity index (χ1v) is 5.61. The van der Waals surface area contributed by atoms with Gasteiger partial charge in [0.25, 0.3) is 5.91 Å². The Balaban J connectivity index is 2.09. The van der Waals surface area contributed by atoms with E-state index in [1.165, 1.54) is 11.3 Å². The van der Waals surface area contributed by atoms with Crippen molar-refractivity contribution in [1.82, 2.24) is 4.98 Å². The third-order valence-corrected chi connectivity index (χ3v) is 3.13. The number of thiophene rings is 1. The molecule has 82 valence electrons. The molecule has 0 aliphatic carbocycles. The summed E-state index contributed by atoms with van der Waals surface area (Å²) in [5, 5.41) is 2.79. The summed E-state index contributed by atoms with van der Waals surface area (Å²) in [5.74, 6) is -0.115. The Morgan fingerprint density at radius 1 is 1.31 bits per heavy atom. The second kappa shape index (κ2) is 4.87. The summed E-state index contributed by atoms with van der Waals surface area (Å²) in [6.45, 7) is 0.465. The topological polar surface area (TPSA) is 68.0 Å². The van der Waals surface area contributed by atoms with E-state index in [1.54, 1.807) is 30.6 Å². The summed E-state index contributed by atoms with van der Waals surface area (Å²) in [6.07, 6.45) is 3.27. The third kappa shape index (κ3) is 2.44. The number of rotatable bonds is 3. The number of nitrogens with two attached hydrogens (primary N) is 1. The zero-order chi connectivity index (χ0) is 11.4. The molecule has 0 atom stereocenters. The summed E-state index contributed by atoms with van der Waals surface area (Å²) in [6, 6.07) is 7.14. The first-order valence-electron chi connectivity index (χ1n) is 4.80. The lowest BCUT2D eigenvalue weighted by Gasteiger charge is -2.01. The van der Waals surface area contributed by atoms with Gasteiger partial charge in [-0.25, -0.2) is 0 Å². The summed E-state index contributed by atoms with van der Waals surface area (Å²) in [7, 11) is 0. The molecule has 0 spiro atoms. The van der Waals surface area contributed by atoms with Gasteiger partial charge in [-0.15, -0.1) is 11.3 Å². The van der Waals surface area contributed by atoms with E-state index in [1.807, 2.05) is 6.07 Å². The number of hydrogen-bond acceptors (Lipinski definition) is 4. The summed E-state index contributed by atoms with van der Waals surface area (Å²) < 4.78 is 0. The minimum atomic E-state index is -0.115. The van der Waals surface area contributed by atoms with Crippen molar-refractivity contribution in [3.63, 3.8) is 0 Å². The van der Waals surface area contributed by atoms with Gasteiger partial charge in [0.2, 0.25) is 0 Å². The van der Waals surface area contributed by atoms with Crippen LogP contribution in [0.1, 0.15) is 14.5 Å². The Morgan fingerprint density at radius 3 is 2.69 bits per heavy atom. The first-order chi connectivity index (χ1) is 7.79. The van der Waals surface area contributed by atoms with Gasteiger partial charge < -0.3 is 11.1 Å². The molecule has 0 saturated heterocycles. The van der Waals surface area contributed by atoms with Crippen LogP contribution in [0, 0.1) is 0 Å². The normalized spacial score (nSPS) is 10.1. The van der Waals surface area contributed by atoms with E-state index in [-0.39, 0.29) is 5.91 Å². The number of carbonyl (C=O) groups is 1. The van der Waals surface area contributed by atoms with Crippen LogP contribution in [-0.4, -0.2) is 10.9 Å². The van der Waals surface area contributed by atoms with Gasteiger partial charge in [-0.1, -0.05) is 0 Å². The predicted octanol–water partition coefficient (Wildman–Crippen LogP) is 1.85. The number of hydrogen-bond donors (Lipinski definition) is 2. The lowest BCUT2D eigenvalue weighted by atomic mass is 10.3. The van der Waals surface area contributed by atoms with E-state index < -0.39 is 0 Å². The highest BCUT2D eigenvalue weighted by atomic mass is 32.1. The number of amides is 1. The largest absolute Gasteiger partial charge is 0.326 e. The molecule has 0 bridgehead atoms. The fraction of sp³-hybridized carbons (Fsp3) is 0.0909. The Labute approximate surface area is 97.1 Å². The number of pyridine rings is 1. The second-order valence-electron chi connectivity index (χ2n) is 3.16. The van der Waals surface area contributed by atoms with Gasteiger partial charge in [-0.3, -0.25) is 9.78 Å². The van der Waals surface area contributed by atoms with Crippen molar-refractivity contribution >= 4 is 22.9 Å². The second-order valence-corrected chi connectivity index (χ2v) is 4.33.